The molecule has 2 rings (SSSR count). The fourth-order valence-electron chi connectivity index (χ4n) is 3.01. The van der Waals surface area contributed by atoms with Crippen LogP contribution in [0.4, 0.5) is 0 Å². The van der Waals surface area contributed by atoms with Gasteiger partial charge in [-0.3, -0.25) is 9.59 Å². The topological polar surface area (TPSA) is 75.7 Å². The van der Waals surface area contributed by atoms with Gasteiger partial charge in [0.1, 0.15) is 11.5 Å². The maximum atomic E-state index is 12.1. The minimum Gasteiger partial charge on any atom is -0.483 e. The number of carbonyl (C=O) groups is 3. The number of nitrogens with one attached hydrogen (secondary N) is 1. The molecule has 1 aliphatic heterocycles. The fourth-order valence-corrected chi connectivity index (χ4v) is 3.01. The van der Waals surface area contributed by atoms with E-state index in [2.05, 4.69) is 5.32 Å². The van der Waals surface area contributed by atoms with Gasteiger partial charge in [-0.15, -0.1) is 0 Å². The number of ketones is 1. The Bertz CT molecular complexity index is 664. The van der Waals surface area contributed by atoms with Crippen LogP contribution in [-0.2, 0) is 14.4 Å². The second-order valence-electron chi connectivity index (χ2n) is 6.91. The number of likely N-dealkylation sites (tertiary alicyclic amines) is 1. The minimum absolute atomic E-state index is 0.0119. The van der Waals surface area contributed by atoms with Crippen LogP contribution in [0.15, 0.2) is 18.2 Å². The van der Waals surface area contributed by atoms with E-state index in [0.717, 1.165) is 29.7 Å². The molecule has 6 heteroatoms. The number of ether oxygens (including phenoxy) is 1. The Morgan fingerprint density at radius 1 is 1.15 bits per heavy atom. The third-order valence-electron chi connectivity index (χ3n) is 4.82. The number of aryl methyl sites for hydroxylation is 1. The number of nitrogens with zero attached hydrogens (tertiary/aromatic N) is 1. The van der Waals surface area contributed by atoms with Gasteiger partial charge in [0.2, 0.25) is 5.91 Å². The molecule has 1 N–H and O–H groups in total. The maximum absolute atomic E-state index is 12.1. The number of hydrogen-bond donors (Lipinski definition) is 1. The molecule has 0 bridgehead atoms. The lowest BCUT2D eigenvalue weighted by Gasteiger charge is -2.32. The van der Waals surface area contributed by atoms with E-state index in [9.17, 15) is 14.4 Å². The van der Waals surface area contributed by atoms with Crippen molar-refractivity contribution in [3.05, 3.63) is 29.3 Å². The van der Waals surface area contributed by atoms with E-state index in [1.54, 1.807) is 4.90 Å². The lowest BCUT2D eigenvalue weighted by atomic mass is 10.0. The fraction of sp³-hybridized carbons (Fsp3) is 0.550. The van der Waals surface area contributed by atoms with Crippen molar-refractivity contribution in [3.63, 3.8) is 0 Å². The van der Waals surface area contributed by atoms with Gasteiger partial charge in [0.05, 0.1) is 0 Å². The van der Waals surface area contributed by atoms with E-state index < -0.39 is 0 Å². The van der Waals surface area contributed by atoms with Gasteiger partial charge in [-0.25, -0.2) is 0 Å². The lowest BCUT2D eigenvalue weighted by Crippen LogP contribution is -2.47. The van der Waals surface area contributed by atoms with Crippen LogP contribution in [-0.4, -0.2) is 48.2 Å². The SMILES string of the molecule is CC(=O)CCC(=O)N1CCC(NC(=O)COc2cccc(C)c2C)CC1. The van der Waals surface area contributed by atoms with E-state index in [4.69, 9.17) is 4.74 Å². The van der Waals surface area contributed by atoms with Crippen molar-refractivity contribution in [2.45, 2.75) is 52.5 Å². The molecule has 0 aromatic heterocycles. The largest absolute Gasteiger partial charge is 0.483 e. The average Bonchev–Trinajstić information content (AvgIpc) is 2.61. The smallest absolute Gasteiger partial charge is 0.258 e. The Hall–Kier alpha value is -2.37. The summed E-state index contributed by atoms with van der Waals surface area (Å²) < 4.78 is 5.63. The highest BCUT2D eigenvalue weighted by Crippen LogP contribution is 2.20. The average molecular weight is 360 g/mol. The molecule has 2 amide bonds. The van der Waals surface area contributed by atoms with Crippen LogP contribution < -0.4 is 10.1 Å². The Morgan fingerprint density at radius 3 is 2.50 bits per heavy atom. The first-order valence-corrected chi connectivity index (χ1v) is 9.12. The van der Waals surface area contributed by atoms with E-state index >= 15 is 0 Å². The highest BCUT2D eigenvalue weighted by atomic mass is 16.5. The molecule has 1 saturated heterocycles. The highest BCUT2D eigenvalue weighted by molar-refractivity contribution is 5.83. The summed E-state index contributed by atoms with van der Waals surface area (Å²) >= 11 is 0. The zero-order valence-corrected chi connectivity index (χ0v) is 15.8. The summed E-state index contributed by atoms with van der Waals surface area (Å²) in [5.74, 6) is 0.630. The minimum atomic E-state index is -0.146. The normalized spacial score (nSPS) is 14.8. The van der Waals surface area contributed by atoms with Gasteiger partial charge in [0.15, 0.2) is 6.61 Å². The van der Waals surface area contributed by atoms with Gasteiger partial charge in [-0.1, -0.05) is 12.1 Å². The predicted molar refractivity (Wildman–Crippen MR) is 99.1 cm³/mol. The van der Waals surface area contributed by atoms with Crippen LogP contribution in [0.2, 0.25) is 0 Å². The van der Waals surface area contributed by atoms with Gasteiger partial charge in [0.25, 0.3) is 5.91 Å². The van der Waals surface area contributed by atoms with Gasteiger partial charge in [0, 0.05) is 32.0 Å². The number of carbonyl (C=O) groups excluding carboxylic acids is 3. The molecule has 6 nitrogen and oxygen atoms in total. The second kappa shape index (κ2) is 9.36. The Labute approximate surface area is 154 Å². The number of Topliss-reactive ketones (excluding diaryl/α,β-unsaturated/α-hetero) is 1. The molecule has 1 fully saturated rings. The van der Waals surface area contributed by atoms with Crippen LogP contribution >= 0.6 is 0 Å². The Kier molecular flexibility index (Phi) is 7.18. The van der Waals surface area contributed by atoms with Gasteiger partial charge in [-0.2, -0.15) is 0 Å². The molecule has 0 aliphatic carbocycles. The molecular weight excluding hydrogens is 332 g/mol. The molecule has 142 valence electrons. The summed E-state index contributed by atoms with van der Waals surface area (Å²) in [6.45, 7) is 6.69. The molecule has 0 radical (unpaired) electrons. The van der Waals surface area contributed by atoms with Crippen molar-refractivity contribution < 1.29 is 19.1 Å². The standard InChI is InChI=1S/C20H28N2O4/c1-14-5-4-6-18(16(14)3)26-13-19(24)21-17-9-11-22(12-10-17)20(25)8-7-15(2)23/h4-6,17H,7-13H2,1-3H3,(H,21,24). The summed E-state index contributed by atoms with van der Waals surface area (Å²) in [6, 6.07) is 5.84. The van der Waals surface area contributed by atoms with Crippen LogP contribution in [0.5, 0.6) is 5.75 Å². The van der Waals surface area contributed by atoms with E-state index in [1.165, 1.54) is 6.92 Å². The van der Waals surface area contributed by atoms with Crippen LogP contribution in [0.1, 0.15) is 43.7 Å². The first-order chi connectivity index (χ1) is 12.4. The molecular formula is C20H28N2O4. The van der Waals surface area contributed by atoms with Crippen molar-refractivity contribution in [1.29, 1.82) is 0 Å². The predicted octanol–water partition coefficient (Wildman–Crippen LogP) is 2.16. The summed E-state index contributed by atoms with van der Waals surface area (Å²) in [6.07, 6.45) is 2.02. The molecule has 0 unspecified atom stereocenters. The van der Waals surface area contributed by atoms with Crippen LogP contribution in [0.25, 0.3) is 0 Å². The van der Waals surface area contributed by atoms with Gasteiger partial charge in [-0.05, 0) is 50.8 Å². The van der Waals surface area contributed by atoms with Gasteiger partial charge >= 0.3 is 0 Å². The monoisotopic (exact) mass is 360 g/mol. The van der Waals surface area contributed by atoms with E-state index in [0.29, 0.717) is 19.5 Å². The maximum Gasteiger partial charge on any atom is 0.258 e. The molecule has 1 heterocycles. The Balaban J connectivity index is 1.71. The molecule has 0 atom stereocenters. The summed E-state index contributed by atoms with van der Waals surface area (Å²) in [7, 11) is 0. The zero-order chi connectivity index (χ0) is 19.1. The summed E-state index contributed by atoms with van der Waals surface area (Å²) in [5, 5.41) is 2.98. The third-order valence-corrected chi connectivity index (χ3v) is 4.82. The number of rotatable bonds is 7. The summed E-state index contributed by atoms with van der Waals surface area (Å²) in [4.78, 5) is 36.9. The number of piperidine rings is 1. The van der Waals surface area contributed by atoms with Crippen LogP contribution in [0.3, 0.4) is 0 Å². The Morgan fingerprint density at radius 2 is 1.85 bits per heavy atom. The zero-order valence-electron chi connectivity index (χ0n) is 15.8. The summed E-state index contributed by atoms with van der Waals surface area (Å²) in [5.41, 5.74) is 2.17. The van der Waals surface area contributed by atoms with Crippen molar-refractivity contribution in [3.8, 4) is 5.75 Å². The molecule has 1 aromatic rings. The van der Waals surface area contributed by atoms with Crippen molar-refractivity contribution in [2.24, 2.45) is 0 Å². The lowest BCUT2D eigenvalue weighted by molar-refractivity contribution is -0.134. The number of hydrogen-bond acceptors (Lipinski definition) is 4. The second-order valence-corrected chi connectivity index (χ2v) is 6.91. The van der Waals surface area contributed by atoms with E-state index in [-0.39, 0.29) is 36.7 Å². The van der Waals surface area contributed by atoms with Crippen molar-refractivity contribution in [2.75, 3.05) is 19.7 Å². The molecule has 1 aliphatic rings. The molecule has 26 heavy (non-hydrogen) atoms. The van der Waals surface area contributed by atoms with E-state index in [1.807, 2.05) is 32.0 Å². The first-order valence-electron chi connectivity index (χ1n) is 9.12. The van der Waals surface area contributed by atoms with Crippen molar-refractivity contribution >= 4 is 17.6 Å². The number of benzene rings is 1. The third kappa shape index (κ3) is 5.86. The van der Waals surface area contributed by atoms with Crippen molar-refractivity contribution in [1.82, 2.24) is 10.2 Å². The van der Waals surface area contributed by atoms with Crippen LogP contribution in [0, 0.1) is 13.8 Å². The first kappa shape index (κ1) is 19.9. The highest BCUT2D eigenvalue weighted by Gasteiger charge is 2.23. The molecule has 1 aromatic carbocycles. The van der Waals surface area contributed by atoms with Gasteiger partial charge < -0.3 is 19.7 Å². The molecule has 0 spiro atoms. The number of amides is 2. The quantitative estimate of drug-likeness (QED) is 0.808. The molecule has 0 saturated carbocycles.